The monoisotopic (exact) mass is 278 g/mol. The molecule has 5 heteroatoms. The minimum absolute atomic E-state index is 0.160. The lowest BCUT2D eigenvalue weighted by molar-refractivity contribution is -0.139. The molecule has 1 aromatic carbocycles. The predicted molar refractivity (Wildman–Crippen MR) is 54.9 cm³/mol. The number of hydrogen-bond acceptors (Lipinski definition) is 1. The van der Waals surface area contributed by atoms with Gasteiger partial charge in [0.05, 0.1) is 6.42 Å². The first kappa shape index (κ1) is 12.1. The molecule has 1 N–H and O–H groups in total. The van der Waals surface area contributed by atoms with Gasteiger partial charge >= 0.3 is 5.97 Å². The molecule has 0 aliphatic heterocycles. The average molecular weight is 279 g/mol. The highest BCUT2D eigenvalue weighted by Gasteiger charge is 2.31. The highest BCUT2D eigenvalue weighted by atomic mass is 79.9. The van der Waals surface area contributed by atoms with Gasteiger partial charge in [0.25, 0.3) is 5.92 Å². The summed E-state index contributed by atoms with van der Waals surface area (Å²) < 4.78 is 27.4. The van der Waals surface area contributed by atoms with Gasteiger partial charge < -0.3 is 5.11 Å². The molecule has 0 atom stereocenters. The van der Waals surface area contributed by atoms with E-state index in [4.69, 9.17) is 5.11 Å². The molecule has 0 saturated heterocycles. The van der Waals surface area contributed by atoms with Crippen molar-refractivity contribution in [2.45, 2.75) is 18.8 Å². The molecule has 2 nitrogen and oxygen atoms in total. The quantitative estimate of drug-likeness (QED) is 0.917. The highest BCUT2D eigenvalue weighted by Crippen LogP contribution is 2.33. The van der Waals surface area contributed by atoms with Crippen LogP contribution >= 0.6 is 15.9 Å². The Hall–Kier alpha value is -0.970. The van der Waals surface area contributed by atoms with Crippen molar-refractivity contribution in [2.75, 3.05) is 0 Å². The smallest absolute Gasteiger partial charge is 0.303 e. The van der Waals surface area contributed by atoms with Gasteiger partial charge in [-0.25, -0.2) is 8.78 Å². The van der Waals surface area contributed by atoms with Gasteiger partial charge in [-0.05, 0) is 12.1 Å². The van der Waals surface area contributed by atoms with Gasteiger partial charge in [-0.15, -0.1) is 0 Å². The fourth-order valence-corrected chi connectivity index (χ4v) is 1.37. The van der Waals surface area contributed by atoms with Crippen LogP contribution in [0.1, 0.15) is 18.4 Å². The van der Waals surface area contributed by atoms with Crippen molar-refractivity contribution in [3.63, 3.8) is 0 Å². The third-order valence-corrected chi connectivity index (χ3v) is 2.45. The maximum absolute atomic E-state index is 13.4. The summed E-state index contributed by atoms with van der Waals surface area (Å²) in [7, 11) is 0. The number of carbonyl (C=O) groups is 1. The molecule has 0 spiro atoms. The molecule has 1 aromatic rings. The molecule has 0 aliphatic rings. The molecular weight excluding hydrogens is 270 g/mol. The van der Waals surface area contributed by atoms with E-state index < -0.39 is 24.7 Å². The van der Waals surface area contributed by atoms with E-state index in [-0.39, 0.29) is 5.56 Å². The van der Waals surface area contributed by atoms with Crippen molar-refractivity contribution in [1.82, 2.24) is 0 Å². The van der Waals surface area contributed by atoms with Gasteiger partial charge in [-0.2, -0.15) is 0 Å². The van der Waals surface area contributed by atoms with E-state index in [2.05, 4.69) is 15.9 Å². The summed E-state index contributed by atoms with van der Waals surface area (Å²) in [5.74, 6) is -4.30. The van der Waals surface area contributed by atoms with Gasteiger partial charge in [0.2, 0.25) is 0 Å². The van der Waals surface area contributed by atoms with Crippen LogP contribution in [0, 0.1) is 0 Å². The summed E-state index contributed by atoms with van der Waals surface area (Å²) in [6.07, 6.45) is -1.22. The van der Waals surface area contributed by atoms with E-state index in [0.29, 0.717) is 4.47 Å². The molecule has 0 unspecified atom stereocenters. The van der Waals surface area contributed by atoms with Gasteiger partial charge in [0, 0.05) is 16.5 Å². The minimum Gasteiger partial charge on any atom is -0.481 e. The first-order valence-electron chi connectivity index (χ1n) is 4.27. The zero-order valence-corrected chi connectivity index (χ0v) is 9.30. The van der Waals surface area contributed by atoms with Crippen molar-refractivity contribution >= 4 is 21.9 Å². The van der Waals surface area contributed by atoms with Crippen molar-refractivity contribution in [2.24, 2.45) is 0 Å². The number of carboxylic acids is 1. The second-order valence-corrected chi connectivity index (χ2v) is 4.02. The molecule has 1 rings (SSSR count). The van der Waals surface area contributed by atoms with E-state index in [0.717, 1.165) is 0 Å². The Morgan fingerprint density at radius 2 is 1.87 bits per heavy atom. The van der Waals surface area contributed by atoms with Crippen LogP contribution in [0.15, 0.2) is 28.7 Å². The van der Waals surface area contributed by atoms with Gasteiger partial charge in [0.15, 0.2) is 0 Å². The van der Waals surface area contributed by atoms with E-state index >= 15 is 0 Å². The Balaban J connectivity index is 2.76. The number of benzene rings is 1. The summed E-state index contributed by atoms with van der Waals surface area (Å²) in [5.41, 5.74) is -0.160. The Morgan fingerprint density at radius 1 is 1.33 bits per heavy atom. The van der Waals surface area contributed by atoms with E-state index in [9.17, 15) is 13.6 Å². The van der Waals surface area contributed by atoms with Crippen LogP contribution in [0.25, 0.3) is 0 Å². The Labute approximate surface area is 94.0 Å². The molecule has 0 radical (unpaired) electrons. The second-order valence-electron chi connectivity index (χ2n) is 3.11. The topological polar surface area (TPSA) is 37.3 Å². The maximum atomic E-state index is 13.4. The number of carboxylic acid groups (broad SMARTS) is 1. The first-order valence-corrected chi connectivity index (χ1v) is 5.07. The Bertz CT molecular complexity index is 349. The van der Waals surface area contributed by atoms with Crippen LogP contribution in [0.2, 0.25) is 0 Å². The standard InChI is InChI=1S/C10H9BrF2O2/c11-8-3-1-7(2-4-8)10(12,13)6-5-9(14)15/h1-4H,5-6H2,(H,14,15). The SMILES string of the molecule is O=C(O)CCC(F)(F)c1ccc(Br)cc1. The van der Waals surface area contributed by atoms with Crippen LogP contribution in [-0.2, 0) is 10.7 Å². The highest BCUT2D eigenvalue weighted by molar-refractivity contribution is 9.10. The summed E-state index contributed by atoms with van der Waals surface area (Å²) in [6, 6.07) is 5.58. The lowest BCUT2D eigenvalue weighted by Crippen LogP contribution is -2.15. The Kier molecular flexibility index (Phi) is 3.79. The second kappa shape index (κ2) is 4.70. The van der Waals surface area contributed by atoms with Crippen molar-refractivity contribution in [3.8, 4) is 0 Å². The van der Waals surface area contributed by atoms with Crippen LogP contribution in [-0.4, -0.2) is 11.1 Å². The van der Waals surface area contributed by atoms with Crippen LogP contribution in [0.5, 0.6) is 0 Å². The number of hydrogen-bond donors (Lipinski definition) is 1. The summed E-state index contributed by atoms with van der Waals surface area (Å²) >= 11 is 3.14. The molecule has 0 saturated carbocycles. The summed E-state index contributed by atoms with van der Waals surface area (Å²) in [6.45, 7) is 0. The van der Waals surface area contributed by atoms with Gasteiger partial charge in [-0.3, -0.25) is 4.79 Å². The largest absolute Gasteiger partial charge is 0.481 e. The number of aliphatic carboxylic acids is 1. The zero-order valence-electron chi connectivity index (χ0n) is 7.71. The van der Waals surface area contributed by atoms with E-state index in [1.54, 1.807) is 0 Å². The molecular formula is C10H9BrF2O2. The normalized spacial score (nSPS) is 11.4. The predicted octanol–water partition coefficient (Wildman–Crippen LogP) is 3.41. The fourth-order valence-electron chi connectivity index (χ4n) is 1.10. The molecule has 0 aromatic heterocycles. The van der Waals surface area contributed by atoms with E-state index in [1.165, 1.54) is 24.3 Å². The van der Waals surface area contributed by atoms with Crippen molar-refractivity contribution in [1.29, 1.82) is 0 Å². The number of halogens is 3. The van der Waals surface area contributed by atoms with Gasteiger partial charge in [0.1, 0.15) is 0 Å². The van der Waals surface area contributed by atoms with Crippen LogP contribution < -0.4 is 0 Å². The molecule has 0 bridgehead atoms. The number of alkyl halides is 2. The maximum Gasteiger partial charge on any atom is 0.303 e. The lowest BCUT2D eigenvalue weighted by atomic mass is 10.0. The molecule has 82 valence electrons. The molecule has 0 amide bonds. The third-order valence-electron chi connectivity index (χ3n) is 1.92. The first-order chi connectivity index (χ1) is 6.92. The zero-order chi connectivity index (χ0) is 11.5. The molecule has 0 heterocycles. The third kappa shape index (κ3) is 3.58. The van der Waals surface area contributed by atoms with Gasteiger partial charge in [-0.1, -0.05) is 28.1 Å². The van der Waals surface area contributed by atoms with Crippen molar-refractivity contribution in [3.05, 3.63) is 34.3 Å². The summed E-state index contributed by atoms with van der Waals surface area (Å²) in [4.78, 5) is 10.2. The molecule has 0 aliphatic carbocycles. The number of rotatable bonds is 4. The minimum atomic E-state index is -3.08. The van der Waals surface area contributed by atoms with Crippen LogP contribution in [0.4, 0.5) is 8.78 Å². The molecule has 0 fully saturated rings. The fraction of sp³-hybridized carbons (Fsp3) is 0.300. The average Bonchev–Trinajstić information content (AvgIpc) is 2.16. The van der Waals surface area contributed by atoms with Crippen molar-refractivity contribution < 1.29 is 18.7 Å². The summed E-state index contributed by atoms with van der Waals surface area (Å²) in [5, 5.41) is 8.33. The lowest BCUT2D eigenvalue weighted by Gasteiger charge is -2.15. The molecule has 15 heavy (non-hydrogen) atoms. The van der Waals surface area contributed by atoms with Crippen LogP contribution in [0.3, 0.4) is 0 Å². The Morgan fingerprint density at radius 3 is 2.33 bits per heavy atom. The van der Waals surface area contributed by atoms with E-state index in [1.807, 2.05) is 0 Å².